The molecule has 0 radical (unpaired) electrons. The van der Waals surface area contributed by atoms with E-state index in [1.54, 1.807) is 0 Å². The molecule has 1 aromatic heterocycles. The Labute approximate surface area is 144 Å². The van der Waals surface area contributed by atoms with Gasteiger partial charge in [-0.15, -0.1) is 0 Å². The summed E-state index contributed by atoms with van der Waals surface area (Å²) in [6.07, 6.45) is 3.29. The molecule has 0 aliphatic carbocycles. The van der Waals surface area contributed by atoms with E-state index in [0.29, 0.717) is 32.6 Å². The van der Waals surface area contributed by atoms with Crippen LogP contribution in [0.15, 0.2) is 48.7 Å². The lowest BCUT2D eigenvalue weighted by atomic mass is 9.93. The average Bonchev–Trinajstić information content (AvgIpc) is 2.58. The largest absolute Gasteiger partial charge is 0.388 e. The van der Waals surface area contributed by atoms with Gasteiger partial charge in [-0.25, -0.2) is 0 Å². The number of aryl methyl sites for hydroxylation is 1. The van der Waals surface area contributed by atoms with Crippen molar-refractivity contribution in [3.05, 3.63) is 65.5 Å². The molecule has 0 saturated carbocycles. The van der Waals surface area contributed by atoms with Crippen LogP contribution in [0.1, 0.15) is 29.7 Å². The highest BCUT2D eigenvalue weighted by Gasteiger charge is 2.32. The smallest absolute Gasteiger partial charge is 0.0818 e. The molecule has 128 valence electrons. The zero-order valence-corrected chi connectivity index (χ0v) is 14.3. The molecule has 0 spiro atoms. The molecule has 0 atom stereocenters. The van der Waals surface area contributed by atoms with Gasteiger partial charge in [0.15, 0.2) is 0 Å². The van der Waals surface area contributed by atoms with E-state index in [-0.39, 0.29) is 0 Å². The summed E-state index contributed by atoms with van der Waals surface area (Å²) in [7, 11) is 0. The van der Waals surface area contributed by atoms with Gasteiger partial charge in [-0.3, -0.25) is 9.88 Å². The van der Waals surface area contributed by atoms with Crippen LogP contribution in [0.25, 0.3) is 0 Å². The molecule has 1 fully saturated rings. The van der Waals surface area contributed by atoms with Crippen LogP contribution in [0.2, 0.25) is 0 Å². The first kappa shape index (κ1) is 17.1. The van der Waals surface area contributed by atoms with Crippen molar-refractivity contribution in [1.29, 1.82) is 0 Å². The van der Waals surface area contributed by atoms with Gasteiger partial charge in [0.1, 0.15) is 0 Å². The highest BCUT2D eigenvalue weighted by atomic mass is 16.5. The lowest BCUT2D eigenvalue weighted by Gasteiger charge is -2.37. The molecule has 4 heteroatoms. The van der Waals surface area contributed by atoms with Crippen molar-refractivity contribution in [2.45, 2.75) is 38.5 Å². The summed E-state index contributed by atoms with van der Waals surface area (Å²) in [5.41, 5.74) is 2.78. The van der Waals surface area contributed by atoms with Gasteiger partial charge in [0.05, 0.1) is 11.3 Å². The predicted octanol–water partition coefficient (Wildman–Crippen LogP) is 2.93. The molecule has 24 heavy (non-hydrogen) atoms. The fourth-order valence-electron chi connectivity index (χ4n) is 3.16. The molecule has 4 nitrogen and oxygen atoms in total. The molecule has 0 bridgehead atoms. The van der Waals surface area contributed by atoms with Gasteiger partial charge in [-0.05, 0) is 24.1 Å². The fraction of sp³-hybridized carbons (Fsp3) is 0.450. The van der Waals surface area contributed by atoms with E-state index < -0.39 is 5.60 Å². The second kappa shape index (κ2) is 7.88. The number of aromatic nitrogens is 1. The number of aliphatic hydroxyl groups is 1. The molecule has 1 N–H and O–H groups in total. The highest BCUT2D eigenvalue weighted by Crippen LogP contribution is 2.23. The Morgan fingerprint density at radius 2 is 1.83 bits per heavy atom. The molecule has 3 rings (SSSR count). The molecule has 1 aliphatic rings. The Morgan fingerprint density at radius 1 is 1.08 bits per heavy atom. The lowest BCUT2D eigenvalue weighted by Crippen LogP contribution is -2.46. The second-order valence-electron chi connectivity index (χ2n) is 6.79. The maximum absolute atomic E-state index is 10.9. The molecule has 1 aliphatic heterocycles. The van der Waals surface area contributed by atoms with E-state index in [4.69, 9.17) is 4.74 Å². The Kier molecular flexibility index (Phi) is 5.61. The van der Waals surface area contributed by atoms with Crippen LogP contribution in [-0.2, 0) is 17.8 Å². The van der Waals surface area contributed by atoms with Gasteiger partial charge in [0, 0.05) is 51.9 Å². The third-order valence-corrected chi connectivity index (χ3v) is 4.55. The topological polar surface area (TPSA) is 45.6 Å². The van der Waals surface area contributed by atoms with Gasteiger partial charge in [0.2, 0.25) is 0 Å². The van der Waals surface area contributed by atoms with Crippen molar-refractivity contribution in [3.63, 3.8) is 0 Å². The van der Waals surface area contributed by atoms with E-state index in [1.807, 2.05) is 19.2 Å². The van der Waals surface area contributed by atoms with Crippen LogP contribution in [-0.4, -0.2) is 40.3 Å². The summed E-state index contributed by atoms with van der Waals surface area (Å²) in [4.78, 5) is 6.82. The highest BCUT2D eigenvalue weighted by molar-refractivity contribution is 5.16. The monoisotopic (exact) mass is 326 g/mol. The van der Waals surface area contributed by atoms with E-state index in [0.717, 1.165) is 24.3 Å². The van der Waals surface area contributed by atoms with Crippen LogP contribution in [0.3, 0.4) is 0 Å². The van der Waals surface area contributed by atoms with E-state index in [1.165, 1.54) is 5.56 Å². The molecule has 0 amide bonds. The Hall–Kier alpha value is -1.75. The molecule has 1 saturated heterocycles. The van der Waals surface area contributed by atoms with Gasteiger partial charge in [-0.1, -0.05) is 36.4 Å². The zero-order valence-electron chi connectivity index (χ0n) is 14.3. The van der Waals surface area contributed by atoms with Crippen molar-refractivity contribution in [1.82, 2.24) is 9.88 Å². The van der Waals surface area contributed by atoms with Crippen LogP contribution in [0, 0.1) is 6.92 Å². The van der Waals surface area contributed by atoms with Crippen molar-refractivity contribution in [2.75, 3.05) is 19.8 Å². The zero-order chi connectivity index (χ0) is 16.8. The summed E-state index contributed by atoms with van der Waals surface area (Å²) in [5.74, 6) is 0. The lowest BCUT2D eigenvalue weighted by molar-refractivity contribution is -0.0822. The number of nitrogens with zero attached hydrogens (tertiary/aromatic N) is 2. The van der Waals surface area contributed by atoms with Crippen molar-refractivity contribution in [2.24, 2.45) is 0 Å². The third-order valence-electron chi connectivity index (χ3n) is 4.55. The van der Waals surface area contributed by atoms with Gasteiger partial charge >= 0.3 is 0 Å². The van der Waals surface area contributed by atoms with E-state index in [2.05, 4.69) is 46.3 Å². The maximum atomic E-state index is 10.9. The van der Waals surface area contributed by atoms with Crippen LogP contribution in [0.4, 0.5) is 0 Å². The van der Waals surface area contributed by atoms with Crippen LogP contribution < -0.4 is 0 Å². The molecular formula is C20H26N2O2. The summed E-state index contributed by atoms with van der Waals surface area (Å²) in [6.45, 7) is 5.50. The normalized spacial score (nSPS) is 17.1. The average molecular weight is 326 g/mol. The number of benzene rings is 1. The first-order valence-corrected chi connectivity index (χ1v) is 8.61. The van der Waals surface area contributed by atoms with E-state index in [9.17, 15) is 5.11 Å². The second-order valence-corrected chi connectivity index (χ2v) is 6.79. The quantitative estimate of drug-likeness (QED) is 0.886. The minimum Gasteiger partial charge on any atom is -0.388 e. The molecule has 1 aromatic carbocycles. The third kappa shape index (κ3) is 4.87. The Balaban J connectivity index is 1.73. The standard InChI is InChI=1S/C20H26N2O2/c1-17-7-8-19(21-13-17)15-22(14-18-5-3-2-4-6-18)16-20(23)9-11-24-12-10-20/h2-8,13,23H,9-12,14-16H2,1H3. The van der Waals surface area contributed by atoms with Crippen molar-refractivity contribution in [3.8, 4) is 0 Å². The van der Waals surface area contributed by atoms with Crippen LogP contribution in [0.5, 0.6) is 0 Å². The van der Waals surface area contributed by atoms with Crippen LogP contribution >= 0.6 is 0 Å². The van der Waals surface area contributed by atoms with Crippen molar-refractivity contribution < 1.29 is 9.84 Å². The number of rotatable bonds is 6. The molecule has 2 aromatic rings. The van der Waals surface area contributed by atoms with Gasteiger partial charge < -0.3 is 9.84 Å². The molecule has 2 heterocycles. The fourth-order valence-corrected chi connectivity index (χ4v) is 3.16. The first-order chi connectivity index (χ1) is 11.6. The predicted molar refractivity (Wildman–Crippen MR) is 94.5 cm³/mol. The summed E-state index contributed by atoms with van der Waals surface area (Å²) < 4.78 is 5.41. The maximum Gasteiger partial charge on any atom is 0.0818 e. The number of hydrogen-bond acceptors (Lipinski definition) is 4. The summed E-state index contributed by atoms with van der Waals surface area (Å²) >= 11 is 0. The van der Waals surface area contributed by atoms with Gasteiger partial charge in [-0.2, -0.15) is 0 Å². The SMILES string of the molecule is Cc1ccc(CN(Cc2ccccc2)CC2(O)CCOCC2)nc1. The summed E-state index contributed by atoms with van der Waals surface area (Å²) in [5, 5.41) is 10.9. The Bertz CT molecular complexity index is 622. The number of pyridine rings is 1. The number of ether oxygens (including phenoxy) is 1. The minimum absolute atomic E-state index is 0.637. The molecular weight excluding hydrogens is 300 g/mol. The molecule has 0 unspecified atom stereocenters. The van der Waals surface area contributed by atoms with Gasteiger partial charge in [0.25, 0.3) is 0 Å². The number of hydrogen-bond donors (Lipinski definition) is 1. The van der Waals surface area contributed by atoms with Crippen molar-refractivity contribution >= 4 is 0 Å². The Morgan fingerprint density at radius 3 is 2.50 bits per heavy atom. The minimum atomic E-state index is -0.669. The van der Waals surface area contributed by atoms with E-state index >= 15 is 0 Å². The summed E-state index contributed by atoms with van der Waals surface area (Å²) in [6, 6.07) is 14.6. The first-order valence-electron chi connectivity index (χ1n) is 8.61.